The Labute approximate surface area is 96.4 Å². The first-order valence-corrected chi connectivity index (χ1v) is 6.05. The molecule has 1 aromatic rings. The third kappa shape index (κ3) is 1.65. The number of aryl methyl sites for hydroxylation is 1. The molecule has 0 aliphatic carbocycles. The topological polar surface area (TPSA) is 24.5 Å². The van der Waals surface area contributed by atoms with Crippen LogP contribution in [0.1, 0.15) is 12.0 Å². The molecule has 0 radical (unpaired) electrons. The Morgan fingerprint density at radius 1 is 1.44 bits per heavy atom. The Morgan fingerprint density at radius 2 is 2.38 bits per heavy atom. The highest BCUT2D eigenvalue weighted by Gasteiger charge is 2.27. The third-order valence-electron chi connectivity index (χ3n) is 3.48. The molecule has 0 saturated carbocycles. The molecule has 1 saturated heterocycles. The van der Waals surface area contributed by atoms with Crippen LogP contribution in [0.2, 0.25) is 0 Å². The fraction of sp³-hybridized carbons (Fsp3) is 0.538. The number of nitrogens with one attached hydrogen (secondary N) is 1. The zero-order chi connectivity index (χ0) is 11.0. The summed E-state index contributed by atoms with van der Waals surface area (Å²) in [5, 5.41) is 3.46. The molecule has 0 spiro atoms. The quantitative estimate of drug-likeness (QED) is 0.715. The van der Waals surface area contributed by atoms with Gasteiger partial charge in [-0.05, 0) is 24.6 Å². The summed E-state index contributed by atoms with van der Waals surface area (Å²) in [5.74, 6) is 1.05. The number of nitrogens with zero attached hydrogens (tertiary/aromatic N) is 1. The first-order valence-electron chi connectivity index (χ1n) is 6.05. The van der Waals surface area contributed by atoms with Crippen molar-refractivity contribution in [2.75, 3.05) is 31.1 Å². The van der Waals surface area contributed by atoms with Crippen molar-refractivity contribution in [2.45, 2.75) is 19.4 Å². The van der Waals surface area contributed by atoms with E-state index in [2.05, 4.69) is 35.3 Å². The van der Waals surface area contributed by atoms with Gasteiger partial charge in [-0.15, -0.1) is 0 Å². The van der Waals surface area contributed by atoms with E-state index in [1.165, 1.54) is 11.3 Å². The van der Waals surface area contributed by atoms with E-state index in [0.717, 1.165) is 38.4 Å². The van der Waals surface area contributed by atoms with E-state index in [1.807, 2.05) is 0 Å². The van der Waals surface area contributed by atoms with E-state index in [-0.39, 0.29) is 0 Å². The number of fused-ring (bicyclic) bond motifs is 3. The Hall–Kier alpha value is -1.22. The van der Waals surface area contributed by atoms with Crippen LogP contribution in [0, 0.1) is 6.92 Å². The van der Waals surface area contributed by atoms with Gasteiger partial charge in [-0.25, -0.2) is 0 Å². The second-order valence-corrected chi connectivity index (χ2v) is 4.66. The second kappa shape index (κ2) is 3.98. The third-order valence-corrected chi connectivity index (χ3v) is 3.48. The molecule has 0 bridgehead atoms. The molecule has 16 heavy (non-hydrogen) atoms. The Morgan fingerprint density at radius 3 is 3.31 bits per heavy atom. The molecule has 2 heterocycles. The van der Waals surface area contributed by atoms with Crippen molar-refractivity contribution in [1.29, 1.82) is 0 Å². The smallest absolute Gasteiger partial charge is 0.142 e. The molecule has 2 aliphatic heterocycles. The van der Waals surface area contributed by atoms with Gasteiger partial charge >= 0.3 is 0 Å². The SMILES string of the molecule is Cc1ccc2c(c1)N1CCNC[C@H]1CCO2. The van der Waals surface area contributed by atoms with Crippen molar-refractivity contribution in [3.63, 3.8) is 0 Å². The van der Waals surface area contributed by atoms with Crippen LogP contribution < -0.4 is 15.0 Å². The lowest BCUT2D eigenvalue weighted by Gasteiger charge is -2.36. The summed E-state index contributed by atoms with van der Waals surface area (Å²) < 4.78 is 5.83. The van der Waals surface area contributed by atoms with Gasteiger partial charge in [0.15, 0.2) is 0 Å². The normalized spacial score (nSPS) is 24.1. The van der Waals surface area contributed by atoms with Gasteiger partial charge in [-0.2, -0.15) is 0 Å². The molecular formula is C13H18N2O. The summed E-state index contributed by atoms with van der Waals surface area (Å²) in [4.78, 5) is 2.51. The molecule has 0 amide bonds. The maximum Gasteiger partial charge on any atom is 0.142 e. The van der Waals surface area contributed by atoms with E-state index in [4.69, 9.17) is 4.74 Å². The van der Waals surface area contributed by atoms with Gasteiger partial charge in [0.25, 0.3) is 0 Å². The zero-order valence-corrected chi connectivity index (χ0v) is 9.70. The van der Waals surface area contributed by atoms with Crippen molar-refractivity contribution >= 4 is 5.69 Å². The number of hydrogen-bond acceptors (Lipinski definition) is 3. The maximum atomic E-state index is 5.83. The van der Waals surface area contributed by atoms with Crippen molar-refractivity contribution in [3.05, 3.63) is 23.8 Å². The molecule has 1 atom stereocenters. The highest BCUT2D eigenvalue weighted by atomic mass is 16.5. The van der Waals surface area contributed by atoms with Crippen LogP contribution in [0.3, 0.4) is 0 Å². The average molecular weight is 218 g/mol. The highest BCUT2D eigenvalue weighted by Crippen LogP contribution is 2.34. The Kier molecular flexibility index (Phi) is 2.48. The van der Waals surface area contributed by atoms with Crippen LogP contribution in [0.4, 0.5) is 5.69 Å². The standard InChI is InChI=1S/C13H18N2O/c1-10-2-3-13-12(8-10)15-6-5-14-9-11(15)4-7-16-13/h2-3,8,11,14H,4-7,9H2,1H3/t11-/m1/s1. The lowest BCUT2D eigenvalue weighted by atomic mass is 10.1. The van der Waals surface area contributed by atoms with Gasteiger partial charge in [-0.1, -0.05) is 6.07 Å². The molecule has 1 fully saturated rings. The molecule has 1 N–H and O–H groups in total. The molecule has 3 nitrogen and oxygen atoms in total. The predicted molar refractivity (Wildman–Crippen MR) is 65.3 cm³/mol. The van der Waals surface area contributed by atoms with E-state index < -0.39 is 0 Å². The van der Waals surface area contributed by atoms with E-state index >= 15 is 0 Å². The largest absolute Gasteiger partial charge is 0.491 e. The summed E-state index contributed by atoms with van der Waals surface area (Å²) in [7, 11) is 0. The number of rotatable bonds is 0. The molecule has 1 aromatic carbocycles. The molecule has 2 aliphatic rings. The van der Waals surface area contributed by atoms with Gasteiger partial charge in [0.2, 0.25) is 0 Å². The van der Waals surface area contributed by atoms with Gasteiger partial charge in [0.05, 0.1) is 12.3 Å². The van der Waals surface area contributed by atoms with Crippen molar-refractivity contribution in [3.8, 4) is 5.75 Å². The van der Waals surface area contributed by atoms with Gasteiger partial charge in [0, 0.05) is 32.1 Å². The number of piperazine rings is 1. The molecular weight excluding hydrogens is 200 g/mol. The minimum atomic E-state index is 0.594. The zero-order valence-electron chi connectivity index (χ0n) is 9.70. The molecule has 0 aromatic heterocycles. The Balaban J connectivity index is 2.02. The van der Waals surface area contributed by atoms with Crippen LogP contribution in [-0.4, -0.2) is 32.3 Å². The highest BCUT2D eigenvalue weighted by molar-refractivity contribution is 5.61. The number of hydrogen-bond donors (Lipinski definition) is 1. The number of ether oxygens (including phenoxy) is 1. The van der Waals surface area contributed by atoms with Crippen LogP contribution >= 0.6 is 0 Å². The summed E-state index contributed by atoms with van der Waals surface area (Å²) in [6, 6.07) is 7.08. The number of benzene rings is 1. The minimum Gasteiger partial charge on any atom is -0.491 e. The van der Waals surface area contributed by atoms with Gasteiger partial charge in [-0.3, -0.25) is 0 Å². The van der Waals surface area contributed by atoms with E-state index in [1.54, 1.807) is 0 Å². The summed E-state index contributed by atoms with van der Waals surface area (Å²) in [5.41, 5.74) is 2.59. The van der Waals surface area contributed by atoms with Crippen molar-refractivity contribution < 1.29 is 4.74 Å². The van der Waals surface area contributed by atoms with E-state index in [0.29, 0.717) is 6.04 Å². The van der Waals surface area contributed by atoms with Gasteiger partial charge in [0.1, 0.15) is 5.75 Å². The summed E-state index contributed by atoms with van der Waals surface area (Å²) in [6.07, 6.45) is 1.11. The van der Waals surface area contributed by atoms with E-state index in [9.17, 15) is 0 Å². The molecule has 86 valence electrons. The maximum absolute atomic E-state index is 5.83. The lowest BCUT2D eigenvalue weighted by molar-refractivity contribution is 0.304. The Bertz CT molecular complexity index is 392. The van der Waals surface area contributed by atoms with Crippen LogP contribution in [-0.2, 0) is 0 Å². The van der Waals surface area contributed by atoms with Gasteiger partial charge < -0.3 is 15.0 Å². The van der Waals surface area contributed by atoms with Crippen LogP contribution in [0.15, 0.2) is 18.2 Å². The summed E-state index contributed by atoms with van der Waals surface area (Å²) >= 11 is 0. The second-order valence-electron chi connectivity index (χ2n) is 4.66. The summed E-state index contributed by atoms with van der Waals surface area (Å²) in [6.45, 7) is 6.21. The monoisotopic (exact) mass is 218 g/mol. The van der Waals surface area contributed by atoms with Crippen molar-refractivity contribution in [2.24, 2.45) is 0 Å². The van der Waals surface area contributed by atoms with Crippen LogP contribution in [0.5, 0.6) is 5.75 Å². The fourth-order valence-corrected chi connectivity index (χ4v) is 2.61. The number of anilines is 1. The molecule has 0 unspecified atom stereocenters. The van der Waals surface area contributed by atoms with Crippen LogP contribution in [0.25, 0.3) is 0 Å². The average Bonchev–Trinajstić information content (AvgIpc) is 2.48. The first kappa shape index (κ1) is 9.97. The van der Waals surface area contributed by atoms with Crippen molar-refractivity contribution in [1.82, 2.24) is 5.32 Å². The molecule has 3 rings (SSSR count). The molecule has 3 heteroatoms. The minimum absolute atomic E-state index is 0.594. The predicted octanol–water partition coefficient (Wildman–Crippen LogP) is 1.56. The first-order chi connectivity index (χ1) is 7.84. The fourth-order valence-electron chi connectivity index (χ4n) is 2.61. The lowest BCUT2D eigenvalue weighted by Crippen LogP contribution is -2.51.